The summed E-state index contributed by atoms with van der Waals surface area (Å²) in [5.74, 6) is 0.0262. The molecule has 0 bridgehead atoms. The van der Waals surface area contributed by atoms with Crippen LogP contribution in [0.5, 0.6) is 0 Å². The third-order valence-corrected chi connectivity index (χ3v) is 7.47. The van der Waals surface area contributed by atoms with Crippen LogP contribution in [0.2, 0.25) is 5.02 Å². The van der Waals surface area contributed by atoms with Crippen molar-refractivity contribution >= 4 is 35.2 Å². The summed E-state index contributed by atoms with van der Waals surface area (Å²) in [6, 6.07) is 18.1. The molecule has 2 N–H and O–H groups in total. The maximum atomic E-state index is 12.5. The van der Waals surface area contributed by atoms with Gasteiger partial charge >= 0.3 is 6.09 Å². The van der Waals surface area contributed by atoms with Crippen LogP contribution in [0.15, 0.2) is 73.2 Å². The standard InChI is InChI=1S/C31H31ClN8O3/c1-2-24(16-33)36-29(41)23-10-8-22(9-11-23)28-27(32)18-34-30(38-28)37-25-17-35-40(19-25)26-12-14-39(15-13-26)31(42)43-20-21-6-4-3-5-7-21/h3-11,17-19,24,26H,2,12-15,20H2,1H3,(H,36,41)(H,34,37,38)/t24-/m0/s1. The van der Waals surface area contributed by atoms with Gasteiger partial charge in [0, 0.05) is 30.4 Å². The minimum absolute atomic E-state index is 0.145. The van der Waals surface area contributed by atoms with Gasteiger partial charge in [-0.2, -0.15) is 10.4 Å². The van der Waals surface area contributed by atoms with E-state index in [0.717, 1.165) is 18.4 Å². The molecule has 1 fully saturated rings. The zero-order valence-electron chi connectivity index (χ0n) is 23.6. The fourth-order valence-electron chi connectivity index (χ4n) is 4.73. The Labute approximate surface area is 254 Å². The average molecular weight is 599 g/mol. The molecule has 2 amide bonds. The van der Waals surface area contributed by atoms with Gasteiger partial charge in [-0.15, -0.1) is 0 Å². The lowest BCUT2D eigenvalue weighted by molar-refractivity contribution is 0.0821. The number of ether oxygens (including phenoxy) is 1. The molecule has 220 valence electrons. The van der Waals surface area contributed by atoms with Crippen molar-refractivity contribution in [3.8, 4) is 17.3 Å². The van der Waals surface area contributed by atoms with E-state index >= 15 is 0 Å². The highest BCUT2D eigenvalue weighted by Gasteiger charge is 2.25. The van der Waals surface area contributed by atoms with Gasteiger partial charge in [-0.1, -0.05) is 61.0 Å². The first-order chi connectivity index (χ1) is 20.9. The van der Waals surface area contributed by atoms with Crippen LogP contribution in [-0.2, 0) is 11.3 Å². The molecule has 1 aliphatic rings. The minimum atomic E-state index is -0.539. The molecule has 3 heterocycles. The number of likely N-dealkylation sites (tertiary alicyclic amines) is 1. The van der Waals surface area contributed by atoms with E-state index in [-0.39, 0.29) is 24.6 Å². The molecule has 0 unspecified atom stereocenters. The lowest BCUT2D eigenvalue weighted by atomic mass is 10.1. The number of hydrogen-bond acceptors (Lipinski definition) is 8. The number of aromatic nitrogens is 4. The van der Waals surface area contributed by atoms with Gasteiger partial charge < -0.3 is 20.3 Å². The van der Waals surface area contributed by atoms with Crippen LogP contribution in [0.4, 0.5) is 16.4 Å². The summed E-state index contributed by atoms with van der Waals surface area (Å²) >= 11 is 6.41. The van der Waals surface area contributed by atoms with Gasteiger partial charge in [0.2, 0.25) is 5.95 Å². The number of halogens is 1. The number of carbonyl (C=O) groups is 2. The number of nitrogens with one attached hydrogen (secondary N) is 2. The highest BCUT2D eigenvalue weighted by molar-refractivity contribution is 6.32. The summed E-state index contributed by atoms with van der Waals surface area (Å²) in [6.07, 6.45) is 6.85. The first-order valence-electron chi connectivity index (χ1n) is 14.0. The molecule has 4 aromatic rings. The number of nitrogens with zero attached hydrogens (tertiary/aromatic N) is 6. The van der Waals surface area contributed by atoms with Crippen LogP contribution >= 0.6 is 11.6 Å². The largest absolute Gasteiger partial charge is 0.445 e. The molecule has 0 aliphatic carbocycles. The predicted molar refractivity (Wildman–Crippen MR) is 162 cm³/mol. The Hall–Kier alpha value is -4.95. The molecule has 2 aromatic carbocycles. The van der Waals surface area contributed by atoms with E-state index in [0.29, 0.717) is 53.0 Å². The molecule has 1 atom stereocenters. The van der Waals surface area contributed by atoms with Crippen LogP contribution in [-0.4, -0.2) is 55.8 Å². The van der Waals surface area contributed by atoms with Gasteiger partial charge in [0.25, 0.3) is 5.91 Å². The lowest BCUT2D eigenvalue weighted by Gasteiger charge is -2.31. The van der Waals surface area contributed by atoms with Crippen molar-refractivity contribution in [1.82, 2.24) is 30.0 Å². The van der Waals surface area contributed by atoms with Crippen molar-refractivity contribution in [2.75, 3.05) is 18.4 Å². The molecule has 0 spiro atoms. The zero-order valence-corrected chi connectivity index (χ0v) is 24.4. The number of amides is 2. The van der Waals surface area contributed by atoms with E-state index in [1.807, 2.05) is 48.1 Å². The van der Waals surface area contributed by atoms with Crippen molar-refractivity contribution in [2.24, 2.45) is 0 Å². The van der Waals surface area contributed by atoms with Crippen LogP contribution in [0.25, 0.3) is 11.3 Å². The van der Waals surface area contributed by atoms with Crippen molar-refractivity contribution in [3.05, 3.63) is 89.3 Å². The summed E-state index contributed by atoms with van der Waals surface area (Å²) in [5.41, 5.74) is 3.33. The molecular formula is C31H31ClN8O3. The van der Waals surface area contributed by atoms with E-state index in [2.05, 4.69) is 31.8 Å². The van der Waals surface area contributed by atoms with Crippen LogP contribution < -0.4 is 10.6 Å². The average Bonchev–Trinajstić information content (AvgIpc) is 3.52. The summed E-state index contributed by atoms with van der Waals surface area (Å²) in [7, 11) is 0. The SMILES string of the molecule is CC[C@@H](C#N)NC(=O)c1ccc(-c2nc(Nc3cnn(C4CCN(C(=O)OCc5ccccc5)CC4)c3)ncc2Cl)cc1. The Bertz CT molecular complexity index is 1600. The van der Waals surface area contributed by atoms with Crippen LogP contribution in [0.3, 0.4) is 0 Å². The predicted octanol–water partition coefficient (Wildman–Crippen LogP) is 5.74. The first kappa shape index (κ1) is 29.5. The molecule has 12 heteroatoms. The quantitative estimate of drug-likeness (QED) is 0.249. The number of hydrogen-bond donors (Lipinski definition) is 2. The topological polar surface area (TPSA) is 138 Å². The fourth-order valence-corrected chi connectivity index (χ4v) is 4.93. The molecule has 11 nitrogen and oxygen atoms in total. The Balaban J connectivity index is 1.16. The third-order valence-electron chi connectivity index (χ3n) is 7.19. The monoisotopic (exact) mass is 598 g/mol. The Kier molecular flexibility index (Phi) is 9.49. The molecule has 0 saturated carbocycles. The summed E-state index contributed by atoms with van der Waals surface area (Å²) in [5, 5.41) is 19.9. The van der Waals surface area contributed by atoms with Crippen LogP contribution in [0, 0.1) is 11.3 Å². The van der Waals surface area contributed by atoms with Crippen molar-refractivity contribution in [2.45, 2.75) is 44.9 Å². The van der Waals surface area contributed by atoms with Gasteiger partial charge in [0.05, 0.1) is 40.9 Å². The van der Waals surface area contributed by atoms with E-state index in [9.17, 15) is 9.59 Å². The summed E-state index contributed by atoms with van der Waals surface area (Å²) in [6.45, 7) is 3.26. The zero-order chi connectivity index (χ0) is 30.2. The number of piperidine rings is 1. The van der Waals surface area contributed by atoms with Crippen molar-refractivity contribution in [1.29, 1.82) is 5.26 Å². The van der Waals surface area contributed by atoms with E-state index < -0.39 is 6.04 Å². The van der Waals surface area contributed by atoms with Gasteiger partial charge in [0.1, 0.15) is 12.6 Å². The molecule has 1 saturated heterocycles. The second-order valence-electron chi connectivity index (χ2n) is 10.1. The van der Waals surface area contributed by atoms with Gasteiger partial charge in [0.15, 0.2) is 0 Å². The Morgan fingerprint density at radius 2 is 1.86 bits per heavy atom. The molecule has 1 aliphatic heterocycles. The normalized spacial score (nSPS) is 14.0. The fraction of sp³-hybridized carbons (Fsp3) is 0.290. The second-order valence-corrected chi connectivity index (χ2v) is 10.5. The highest BCUT2D eigenvalue weighted by atomic mass is 35.5. The molecular weight excluding hydrogens is 568 g/mol. The third kappa shape index (κ3) is 7.47. The number of carbonyl (C=O) groups excluding carboxylic acids is 2. The molecule has 2 aromatic heterocycles. The smallest absolute Gasteiger partial charge is 0.410 e. The maximum absolute atomic E-state index is 12.5. The minimum Gasteiger partial charge on any atom is -0.445 e. The summed E-state index contributed by atoms with van der Waals surface area (Å²) in [4.78, 5) is 35.6. The van der Waals surface area contributed by atoms with Gasteiger partial charge in [-0.25, -0.2) is 14.8 Å². The molecule has 43 heavy (non-hydrogen) atoms. The van der Waals surface area contributed by atoms with Crippen molar-refractivity contribution < 1.29 is 14.3 Å². The Morgan fingerprint density at radius 1 is 1.12 bits per heavy atom. The number of benzene rings is 2. The van der Waals surface area contributed by atoms with Gasteiger partial charge in [-0.3, -0.25) is 9.48 Å². The number of anilines is 2. The Morgan fingerprint density at radius 3 is 2.56 bits per heavy atom. The molecule has 5 rings (SSSR count). The number of nitriles is 1. The molecule has 0 radical (unpaired) electrons. The maximum Gasteiger partial charge on any atom is 0.410 e. The second kappa shape index (κ2) is 13.8. The van der Waals surface area contributed by atoms with E-state index in [1.54, 1.807) is 35.4 Å². The highest BCUT2D eigenvalue weighted by Crippen LogP contribution is 2.28. The lowest BCUT2D eigenvalue weighted by Crippen LogP contribution is -2.39. The van der Waals surface area contributed by atoms with Crippen LogP contribution in [0.1, 0.15) is 48.1 Å². The van der Waals surface area contributed by atoms with E-state index in [1.165, 1.54) is 6.20 Å². The van der Waals surface area contributed by atoms with Gasteiger partial charge in [-0.05, 0) is 37.0 Å². The van der Waals surface area contributed by atoms with Crippen molar-refractivity contribution in [3.63, 3.8) is 0 Å². The number of rotatable bonds is 9. The summed E-state index contributed by atoms with van der Waals surface area (Å²) < 4.78 is 7.36. The first-order valence-corrected chi connectivity index (χ1v) is 14.4. The van der Waals surface area contributed by atoms with E-state index in [4.69, 9.17) is 21.6 Å².